The van der Waals surface area contributed by atoms with E-state index >= 15 is 0 Å². The first-order valence-corrected chi connectivity index (χ1v) is 6.42. The molecule has 1 fully saturated rings. The Bertz CT molecular complexity index is 609. The van der Waals surface area contributed by atoms with Gasteiger partial charge in [-0.25, -0.2) is 0 Å². The minimum absolute atomic E-state index is 0.0884. The Kier molecular flexibility index (Phi) is 3.65. The molecule has 102 valence electrons. The number of hydrogen-bond acceptors (Lipinski definition) is 4. The van der Waals surface area contributed by atoms with Crippen molar-refractivity contribution in [1.29, 1.82) is 0 Å². The van der Waals surface area contributed by atoms with Gasteiger partial charge in [0.25, 0.3) is 0 Å². The molecule has 0 saturated carbocycles. The standard InChI is InChI=1S/C16H14O4/c17-16(7-6-13-5-2-8-18-13)12-3-1-4-14(9-12)19-10-15-11-20-15/h1-9,15H,10-11H2/b7-6+. The van der Waals surface area contributed by atoms with E-state index in [2.05, 4.69) is 0 Å². The zero-order chi connectivity index (χ0) is 13.8. The fraction of sp³-hybridized carbons (Fsp3) is 0.188. The van der Waals surface area contributed by atoms with Crippen LogP contribution in [0.4, 0.5) is 0 Å². The molecule has 1 aliphatic heterocycles. The second kappa shape index (κ2) is 5.75. The van der Waals surface area contributed by atoms with E-state index in [4.69, 9.17) is 13.9 Å². The molecule has 1 atom stereocenters. The van der Waals surface area contributed by atoms with Crippen molar-refractivity contribution in [3.63, 3.8) is 0 Å². The van der Waals surface area contributed by atoms with Gasteiger partial charge in [0.1, 0.15) is 24.2 Å². The third kappa shape index (κ3) is 3.36. The molecule has 20 heavy (non-hydrogen) atoms. The number of carbonyl (C=O) groups excluding carboxylic acids is 1. The molecule has 1 aliphatic rings. The number of ether oxygens (including phenoxy) is 2. The molecule has 0 aliphatic carbocycles. The Morgan fingerprint density at radius 3 is 3.00 bits per heavy atom. The zero-order valence-electron chi connectivity index (χ0n) is 10.8. The minimum atomic E-state index is -0.0884. The molecule has 4 heteroatoms. The summed E-state index contributed by atoms with van der Waals surface area (Å²) < 4.78 is 15.8. The average Bonchev–Trinajstić information content (AvgIpc) is 3.17. The number of furan rings is 1. The molecule has 0 radical (unpaired) electrons. The Labute approximate surface area is 116 Å². The average molecular weight is 270 g/mol. The number of ketones is 1. The van der Waals surface area contributed by atoms with Crippen LogP contribution in [-0.4, -0.2) is 25.1 Å². The summed E-state index contributed by atoms with van der Waals surface area (Å²) in [5.41, 5.74) is 0.585. The van der Waals surface area contributed by atoms with E-state index in [-0.39, 0.29) is 11.9 Å². The van der Waals surface area contributed by atoms with Crippen LogP contribution < -0.4 is 4.74 Å². The number of hydrogen-bond donors (Lipinski definition) is 0. The largest absolute Gasteiger partial charge is 0.491 e. The van der Waals surface area contributed by atoms with E-state index in [1.54, 1.807) is 42.7 Å². The summed E-state index contributed by atoms with van der Waals surface area (Å²) in [7, 11) is 0. The SMILES string of the molecule is O=C(/C=C/c1ccco1)c1cccc(OCC2CO2)c1. The van der Waals surface area contributed by atoms with Crippen molar-refractivity contribution in [2.45, 2.75) is 6.10 Å². The quantitative estimate of drug-likeness (QED) is 0.460. The van der Waals surface area contributed by atoms with E-state index in [1.165, 1.54) is 6.08 Å². The Balaban J connectivity index is 1.65. The summed E-state index contributed by atoms with van der Waals surface area (Å²) in [4.78, 5) is 12.0. The maximum atomic E-state index is 12.0. The number of rotatable bonds is 6. The lowest BCUT2D eigenvalue weighted by Gasteiger charge is -2.05. The first-order valence-electron chi connectivity index (χ1n) is 6.42. The topological polar surface area (TPSA) is 52.0 Å². The van der Waals surface area contributed by atoms with Gasteiger partial charge in [-0.05, 0) is 36.4 Å². The molecule has 0 spiro atoms. The monoisotopic (exact) mass is 270 g/mol. The lowest BCUT2D eigenvalue weighted by Crippen LogP contribution is -2.04. The van der Waals surface area contributed by atoms with Crippen LogP contribution in [0.15, 0.2) is 53.2 Å². The molecule has 2 aromatic rings. The highest BCUT2D eigenvalue weighted by atomic mass is 16.6. The van der Waals surface area contributed by atoms with Gasteiger partial charge in [0.2, 0.25) is 0 Å². The molecule has 2 heterocycles. The highest BCUT2D eigenvalue weighted by molar-refractivity contribution is 6.06. The first-order chi connectivity index (χ1) is 9.81. The normalized spacial score (nSPS) is 17.3. The number of epoxide rings is 1. The smallest absolute Gasteiger partial charge is 0.186 e. The molecular weight excluding hydrogens is 256 g/mol. The van der Waals surface area contributed by atoms with Crippen LogP contribution >= 0.6 is 0 Å². The molecule has 1 aromatic heterocycles. The van der Waals surface area contributed by atoms with Crippen LogP contribution in [0.2, 0.25) is 0 Å². The summed E-state index contributed by atoms with van der Waals surface area (Å²) in [5, 5.41) is 0. The predicted molar refractivity (Wildman–Crippen MR) is 73.7 cm³/mol. The van der Waals surface area contributed by atoms with Crippen LogP contribution in [-0.2, 0) is 4.74 Å². The number of benzene rings is 1. The van der Waals surface area contributed by atoms with Gasteiger partial charge in [-0.2, -0.15) is 0 Å². The molecule has 1 saturated heterocycles. The molecule has 0 N–H and O–H groups in total. The van der Waals surface area contributed by atoms with Crippen molar-refractivity contribution >= 4 is 11.9 Å². The van der Waals surface area contributed by atoms with Crippen LogP contribution in [0.5, 0.6) is 5.75 Å². The Morgan fingerprint density at radius 2 is 2.25 bits per heavy atom. The molecule has 0 amide bonds. The van der Waals surface area contributed by atoms with Gasteiger partial charge in [0.15, 0.2) is 5.78 Å². The molecule has 4 nitrogen and oxygen atoms in total. The van der Waals surface area contributed by atoms with Crippen molar-refractivity contribution in [2.75, 3.05) is 13.2 Å². The summed E-state index contributed by atoms with van der Waals surface area (Å²) in [6.45, 7) is 1.28. The van der Waals surface area contributed by atoms with Crippen LogP contribution in [0.25, 0.3) is 6.08 Å². The van der Waals surface area contributed by atoms with E-state index in [0.29, 0.717) is 23.7 Å². The predicted octanol–water partition coefficient (Wildman–Crippen LogP) is 2.95. The van der Waals surface area contributed by atoms with E-state index in [9.17, 15) is 4.79 Å². The van der Waals surface area contributed by atoms with Crippen molar-refractivity contribution < 1.29 is 18.7 Å². The van der Waals surface area contributed by atoms with E-state index < -0.39 is 0 Å². The molecule has 3 rings (SSSR count). The van der Waals surface area contributed by atoms with Crippen LogP contribution in [0.3, 0.4) is 0 Å². The van der Waals surface area contributed by atoms with Gasteiger partial charge in [-0.15, -0.1) is 0 Å². The molecule has 1 unspecified atom stereocenters. The summed E-state index contributed by atoms with van der Waals surface area (Å²) >= 11 is 0. The van der Waals surface area contributed by atoms with E-state index in [1.807, 2.05) is 6.07 Å². The van der Waals surface area contributed by atoms with E-state index in [0.717, 1.165) is 6.61 Å². The second-order valence-corrected chi connectivity index (χ2v) is 4.51. The highest BCUT2D eigenvalue weighted by Crippen LogP contribution is 2.17. The third-order valence-electron chi connectivity index (χ3n) is 2.90. The molecule has 0 bridgehead atoms. The van der Waals surface area contributed by atoms with Crippen molar-refractivity contribution in [3.05, 3.63) is 60.1 Å². The number of allylic oxidation sites excluding steroid dienone is 1. The maximum absolute atomic E-state index is 12.0. The first kappa shape index (κ1) is 12.7. The van der Waals surface area contributed by atoms with Crippen LogP contribution in [0, 0.1) is 0 Å². The summed E-state index contributed by atoms with van der Waals surface area (Å²) in [5.74, 6) is 1.24. The van der Waals surface area contributed by atoms with Gasteiger partial charge in [-0.1, -0.05) is 12.1 Å². The zero-order valence-corrected chi connectivity index (χ0v) is 10.8. The third-order valence-corrected chi connectivity index (χ3v) is 2.90. The fourth-order valence-electron chi connectivity index (χ4n) is 1.73. The van der Waals surface area contributed by atoms with Gasteiger partial charge in [0.05, 0.1) is 12.9 Å². The number of carbonyl (C=O) groups is 1. The van der Waals surface area contributed by atoms with Crippen molar-refractivity contribution in [2.24, 2.45) is 0 Å². The lowest BCUT2D eigenvalue weighted by molar-refractivity contribution is 0.104. The maximum Gasteiger partial charge on any atom is 0.186 e. The van der Waals surface area contributed by atoms with Crippen molar-refractivity contribution in [3.8, 4) is 5.75 Å². The van der Waals surface area contributed by atoms with Gasteiger partial charge in [-0.3, -0.25) is 4.79 Å². The fourth-order valence-corrected chi connectivity index (χ4v) is 1.73. The lowest BCUT2D eigenvalue weighted by atomic mass is 10.1. The molecule has 1 aromatic carbocycles. The molecular formula is C16H14O4. The van der Waals surface area contributed by atoms with Gasteiger partial charge in [0, 0.05) is 5.56 Å². The van der Waals surface area contributed by atoms with Gasteiger partial charge < -0.3 is 13.9 Å². The Morgan fingerprint density at radius 1 is 1.35 bits per heavy atom. The minimum Gasteiger partial charge on any atom is -0.491 e. The Hall–Kier alpha value is -2.33. The second-order valence-electron chi connectivity index (χ2n) is 4.51. The van der Waals surface area contributed by atoms with Gasteiger partial charge >= 0.3 is 0 Å². The summed E-state index contributed by atoms with van der Waals surface area (Å²) in [6.07, 6.45) is 4.90. The van der Waals surface area contributed by atoms with Crippen molar-refractivity contribution in [1.82, 2.24) is 0 Å². The highest BCUT2D eigenvalue weighted by Gasteiger charge is 2.23. The summed E-state index contributed by atoms with van der Waals surface area (Å²) in [6, 6.07) is 10.7. The van der Waals surface area contributed by atoms with Crippen LogP contribution in [0.1, 0.15) is 16.1 Å².